The molecule has 172 valence electrons. The Kier molecular flexibility index (Phi) is 8.01. The van der Waals surface area contributed by atoms with Gasteiger partial charge in [-0.3, -0.25) is 19.4 Å². The van der Waals surface area contributed by atoms with Gasteiger partial charge >= 0.3 is 11.9 Å². The highest BCUT2D eigenvalue weighted by atomic mass is 16.4. The summed E-state index contributed by atoms with van der Waals surface area (Å²) >= 11 is 0. The molecule has 0 bridgehead atoms. The molecule has 0 aromatic heterocycles. The Labute approximate surface area is 189 Å². The number of hydrogen-bond acceptors (Lipinski definition) is 5. The van der Waals surface area contributed by atoms with Gasteiger partial charge in [-0.25, -0.2) is 0 Å². The molecule has 2 aromatic carbocycles. The van der Waals surface area contributed by atoms with Gasteiger partial charge in [0.2, 0.25) is 0 Å². The van der Waals surface area contributed by atoms with Gasteiger partial charge in [-0.2, -0.15) is 0 Å². The van der Waals surface area contributed by atoms with E-state index in [9.17, 15) is 19.8 Å². The molecule has 2 aromatic rings. The van der Waals surface area contributed by atoms with Crippen molar-refractivity contribution in [2.24, 2.45) is 0 Å². The van der Waals surface area contributed by atoms with Crippen LogP contribution < -0.4 is 0 Å². The van der Waals surface area contributed by atoms with E-state index < -0.39 is 11.9 Å². The van der Waals surface area contributed by atoms with Crippen molar-refractivity contribution in [3.63, 3.8) is 0 Å². The van der Waals surface area contributed by atoms with E-state index in [-0.39, 0.29) is 18.9 Å². The molecule has 0 saturated carbocycles. The number of carbonyl (C=O) groups is 2. The third-order valence-electron chi connectivity index (χ3n) is 6.03. The molecule has 2 N–H and O–H groups in total. The third kappa shape index (κ3) is 6.38. The second-order valence-electron chi connectivity index (χ2n) is 8.91. The number of carboxylic acid groups (broad SMARTS) is 2. The molecular formula is C25H33N3O4. The van der Waals surface area contributed by atoms with Gasteiger partial charge in [-0.1, -0.05) is 42.5 Å². The average molecular weight is 440 g/mol. The van der Waals surface area contributed by atoms with Crippen LogP contribution in [0, 0.1) is 0 Å². The zero-order valence-electron chi connectivity index (χ0n) is 19.1. The van der Waals surface area contributed by atoms with E-state index in [4.69, 9.17) is 0 Å². The molecule has 1 aliphatic heterocycles. The van der Waals surface area contributed by atoms with Gasteiger partial charge in [-0.15, -0.1) is 0 Å². The zero-order chi connectivity index (χ0) is 23.3. The number of aliphatic carboxylic acids is 2. The largest absolute Gasteiger partial charge is 0.481 e. The number of benzene rings is 2. The predicted octanol–water partition coefficient (Wildman–Crippen LogP) is 2.49. The van der Waals surface area contributed by atoms with Crippen LogP contribution in [0.25, 0.3) is 0 Å². The molecule has 3 rings (SSSR count). The van der Waals surface area contributed by atoms with Crippen LogP contribution in [0.2, 0.25) is 0 Å². The van der Waals surface area contributed by atoms with Crippen LogP contribution in [0.5, 0.6) is 0 Å². The van der Waals surface area contributed by atoms with Crippen molar-refractivity contribution in [2.75, 3.05) is 40.8 Å². The second-order valence-corrected chi connectivity index (χ2v) is 8.91. The lowest BCUT2D eigenvalue weighted by atomic mass is 9.95. The second kappa shape index (κ2) is 10.7. The van der Waals surface area contributed by atoms with Crippen molar-refractivity contribution in [3.05, 3.63) is 70.3 Å². The maximum Gasteiger partial charge on any atom is 0.307 e. The zero-order valence-corrected chi connectivity index (χ0v) is 19.1. The lowest BCUT2D eigenvalue weighted by Crippen LogP contribution is -2.46. The summed E-state index contributed by atoms with van der Waals surface area (Å²) in [5.41, 5.74) is 4.92. The minimum absolute atomic E-state index is 0.0136. The number of hydrogen-bond donors (Lipinski definition) is 2. The third-order valence-corrected chi connectivity index (χ3v) is 6.03. The first-order valence-corrected chi connectivity index (χ1v) is 10.9. The fraction of sp³-hybridized carbons (Fsp3) is 0.440. The predicted molar refractivity (Wildman–Crippen MR) is 124 cm³/mol. The van der Waals surface area contributed by atoms with Crippen molar-refractivity contribution in [1.29, 1.82) is 0 Å². The highest BCUT2D eigenvalue weighted by Crippen LogP contribution is 2.28. The Morgan fingerprint density at radius 3 is 2.25 bits per heavy atom. The summed E-state index contributed by atoms with van der Waals surface area (Å²) in [5.74, 6) is -1.65. The van der Waals surface area contributed by atoms with E-state index in [1.807, 2.05) is 43.3 Å². The molecule has 7 nitrogen and oxygen atoms in total. The lowest BCUT2D eigenvalue weighted by molar-refractivity contribution is -0.137. The number of carboxylic acids is 2. The van der Waals surface area contributed by atoms with Gasteiger partial charge < -0.3 is 15.1 Å². The summed E-state index contributed by atoms with van der Waals surface area (Å²) < 4.78 is 0. The number of likely N-dealkylation sites (N-methyl/N-ethyl adjacent to an activating group) is 1. The highest BCUT2D eigenvalue weighted by Gasteiger charge is 2.27. The van der Waals surface area contributed by atoms with Crippen LogP contribution in [-0.2, 0) is 35.5 Å². The molecule has 7 heteroatoms. The number of nitrogens with zero attached hydrogens (tertiary/aromatic N) is 3. The summed E-state index contributed by atoms with van der Waals surface area (Å²) in [6.07, 6.45) is 0.0406. The molecule has 32 heavy (non-hydrogen) atoms. The molecule has 1 atom stereocenters. The Morgan fingerprint density at radius 1 is 0.938 bits per heavy atom. The maximum atomic E-state index is 11.4. The van der Waals surface area contributed by atoms with E-state index in [2.05, 4.69) is 35.0 Å². The van der Waals surface area contributed by atoms with Crippen LogP contribution >= 0.6 is 0 Å². The van der Waals surface area contributed by atoms with Crippen LogP contribution in [0.15, 0.2) is 42.5 Å². The summed E-state index contributed by atoms with van der Waals surface area (Å²) in [4.78, 5) is 29.4. The van der Waals surface area contributed by atoms with Crippen molar-refractivity contribution in [3.8, 4) is 0 Å². The molecule has 1 saturated heterocycles. The van der Waals surface area contributed by atoms with Gasteiger partial charge in [0.15, 0.2) is 0 Å². The normalized spacial score (nSPS) is 17.6. The highest BCUT2D eigenvalue weighted by molar-refractivity contribution is 5.71. The summed E-state index contributed by atoms with van der Waals surface area (Å²) in [6, 6.07) is 14.1. The van der Waals surface area contributed by atoms with Crippen LogP contribution in [0.4, 0.5) is 0 Å². The molecule has 1 fully saturated rings. The van der Waals surface area contributed by atoms with Crippen molar-refractivity contribution in [1.82, 2.24) is 14.7 Å². The summed E-state index contributed by atoms with van der Waals surface area (Å²) in [6.45, 7) is 4.00. The van der Waals surface area contributed by atoms with Gasteiger partial charge in [0.05, 0.1) is 12.8 Å². The van der Waals surface area contributed by atoms with Crippen LogP contribution in [0.1, 0.15) is 33.9 Å². The van der Waals surface area contributed by atoms with Gasteiger partial charge in [-0.05, 0) is 49.0 Å². The Morgan fingerprint density at radius 2 is 1.59 bits per heavy atom. The van der Waals surface area contributed by atoms with E-state index in [1.165, 1.54) is 0 Å². The first kappa shape index (κ1) is 23.9. The summed E-state index contributed by atoms with van der Waals surface area (Å²) in [5, 5.41) is 18.6. The van der Waals surface area contributed by atoms with E-state index in [1.54, 1.807) is 0 Å². The van der Waals surface area contributed by atoms with Crippen LogP contribution in [-0.4, -0.2) is 77.6 Å². The van der Waals surface area contributed by atoms with E-state index >= 15 is 0 Å². The minimum Gasteiger partial charge on any atom is -0.481 e. The topological polar surface area (TPSA) is 84.3 Å². The standard InChI is InChI=1S/C25H33N3O4/c1-26(2)15-21-9-8-19(12-22(21)14-25(31)32)23-17-28(11-10-27(23)3)16-20-7-5-4-6-18(20)13-24(29)30/h4-9,12,23H,10-11,13-17H2,1-3H3,(H,29,30)(H,31,32). The summed E-state index contributed by atoms with van der Waals surface area (Å²) in [7, 11) is 6.06. The number of piperazine rings is 1. The van der Waals surface area contributed by atoms with Crippen molar-refractivity contribution >= 4 is 11.9 Å². The quantitative estimate of drug-likeness (QED) is 0.621. The lowest BCUT2D eigenvalue weighted by Gasteiger charge is -2.40. The average Bonchev–Trinajstić information content (AvgIpc) is 2.71. The molecule has 0 spiro atoms. The van der Waals surface area contributed by atoms with Gasteiger partial charge in [0, 0.05) is 38.8 Å². The minimum atomic E-state index is -0.823. The molecule has 1 heterocycles. The molecule has 0 amide bonds. The Balaban J connectivity index is 1.81. The first-order chi connectivity index (χ1) is 15.2. The van der Waals surface area contributed by atoms with E-state index in [0.29, 0.717) is 13.1 Å². The maximum absolute atomic E-state index is 11.4. The van der Waals surface area contributed by atoms with E-state index in [0.717, 1.165) is 47.5 Å². The fourth-order valence-corrected chi connectivity index (χ4v) is 4.40. The first-order valence-electron chi connectivity index (χ1n) is 10.9. The molecule has 1 unspecified atom stereocenters. The van der Waals surface area contributed by atoms with Gasteiger partial charge in [0.1, 0.15) is 0 Å². The molecular weight excluding hydrogens is 406 g/mol. The molecule has 0 aliphatic carbocycles. The van der Waals surface area contributed by atoms with Crippen LogP contribution in [0.3, 0.4) is 0 Å². The van der Waals surface area contributed by atoms with Crippen molar-refractivity contribution < 1.29 is 19.8 Å². The Hall–Kier alpha value is -2.74. The number of rotatable bonds is 9. The SMILES string of the molecule is CN(C)Cc1ccc(C2CN(Cc3ccccc3CC(=O)O)CCN2C)cc1CC(=O)O. The van der Waals surface area contributed by atoms with Gasteiger partial charge in [0.25, 0.3) is 0 Å². The van der Waals surface area contributed by atoms with Crippen molar-refractivity contribution in [2.45, 2.75) is 32.0 Å². The Bertz CT molecular complexity index is 960. The monoisotopic (exact) mass is 439 g/mol. The molecule has 1 aliphatic rings. The molecule has 0 radical (unpaired) electrons. The smallest absolute Gasteiger partial charge is 0.307 e. The fourth-order valence-electron chi connectivity index (χ4n) is 4.40.